The lowest BCUT2D eigenvalue weighted by Crippen LogP contribution is -2.55. The number of hydrogen-bond donors (Lipinski definition) is 1. The molecule has 1 heterocycles. The molecule has 1 aliphatic rings. The molecule has 1 atom stereocenters. The summed E-state index contributed by atoms with van der Waals surface area (Å²) in [5.41, 5.74) is 4.56. The molecule has 96 valence electrons. The minimum Gasteiger partial charge on any atom is -0.356 e. The Hall–Kier alpha value is -1.04. The van der Waals surface area contributed by atoms with Gasteiger partial charge in [0.25, 0.3) is 5.24 Å². The first kappa shape index (κ1) is 13.4. The minimum absolute atomic E-state index is 0.131. The molecular weight excluding hydrogens is 272 g/mol. The van der Waals surface area contributed by atoms with E-state index in [1.54, 1.807) is 6.07 Å². The number of quaternary nitrogens is 1. The fraction of sp³-hybridized carbons (Fsp3) is 0.333. The van der Waals surface area contributed by atoms with Gasteiger partial charge in [-0.1, -0.05) is 41.6 Å². The Bertz CT molecular complexity index is 481. The Kier molecular flexibility index (Phi) is 4.27. The third-order valence-electron chi connectivity index (χ3n) is 2.75. The smallest absolute Gasteiger partial charge is 0.289 e. The summed E-state index contributed by atoms with van der Waals surface area (Å²) >= 11 is 7.13. The summed E-state index contributed by atoms with van der Waals surface area (Å²) in [4.78, 5) is 25.0. The highest BCUT2D eigenvalue weighted by Gasteiger charge is 2.39. The van der Waals surface area contributed by atoms with Crippen LogP contribution in [0.15, 0.2) is 24.3 Å². The van der Waals surface area contributed by atoms with Crippen molar-refractivity contribution in [3.05, 3.63) is 34.9 Å². The van der Waals surface area contributed by atoms with Gasteiger partial charge in [-0.25, -0.2) is 0 Å². The van der Waals surface area contributed by atoms with Crippen molar-refractivity contribution in [2.75, 3.05) is 13.1 Å². The molecule has 2 rings (SSSR count). The summed E-state index contributed by atoms with van der Waals surface area (Å²) in [5, 5.41) is 0.0959. The highest BCUT2D eigenvalue weighted by Crippen LogP contribution is 2.30. The van der Waals surface area contributed by atoms with Crippen LogP contribution < -0.4 is 5.73 Å². The first-order valence-corrected chi connectivity index (χ1v) is 6.94. The standard InChI is InChI=1S/C12H13ClN2O2S/c13-9-4-2-1-3-8(9)7-10-11(16)15(6-5-14)12(17)18-10/h1-4,10H,5-7,14H2/p+1/t10-/m1/s1. The molecule has 18 heavy (non-hydrogen) atoms. The van der Waals surface area contributed by atoms with Crippen LogP contribution in [0.3, 0.4) is 0 Å². The van der Waals surface area contributed by atoms with Gasteiger partial charge < -0.3 is 5.73 Å². The molecule has 1 saturated heterocycles. The van der Waals surface area contributed by atoms with Gasteiger partial charge in [0.1, 0.15) is 0 Å². The van der Waals surface area contributed by atoms with Gasteiger partial charge in [0.05, 0.1) is 18.3 Å². The number of nitrogens with zero attached hydrogens (tertiary/aromatic N) is 1. The zero-order valence-corrected chi connectivity index (χ0v) is 11.3. The molecule has 1 aliphatic heterocycles. The van der Waals surface area contributed by atoms with Gasteiger partial charge in [-0.3, -0.25) is 14.5 Å². The van der Waals surface area contributed by atoms with Crippen LogP contribution in [-0.4, -0.2) is 34.4 Å². The number of benzene rings is 1. The molecule has 0 unspecified atom stereocenters. The summed E-state index contributed by atoms with van der Waals surface area (Å²) < 4.78 is 0. The van der Waals surface area contributed by atoms with E-state index in [0.29, 0.717) is 24.5 Å². The summed E-state index contributed by atoms with van der Waals surface area (Å²) in [7, 11) is 0. The van der Waals surface area contributed by atoms with E-state index in [0.717, 1.165) is 17.3 Å². The van der Waals surface area contributed by atoms with Crippen LogP contribution >= 0.6 is 23.4 Å². The Morgan fingerprint density at radius 1 is 1.33 bits per heavy atom. The van der Waals surface area contributed by atoms with Gasteiger partial charge >= 0.3 is 0 Å². The second-order valence-electron chi connectivity index (χ2n) is 4.01. The summed E-state index contributed by atoms with van der Waals surface area (Å²) in [5.74, 6) is -0.131. The molecular formula is C12H14ClN2O2S+. The van der Waals surface area contributed by atoms with E-state index in [2.05, 4.69) is 5.73 Å². The average Bonchev–Trinajstić information content (AvgIpc) is 2.60. The van der Waals surface area contributed by atoms with E-state index in [1.165, 1.54) is 4.90 Å². The SMILES string of the molecule is [NH3+]CCN1C(=O)S[C@H](Cc2ccccc2Cl)C1=O. The number of halogens is 1. The van der Waals surface area contributed by atoms with Crippen LogP contribution in [0.5, 0.6) is 0 Å². The van der Waals surface area contributed by atoms with Crippen molar-refractivity contribution < 1.29 is 15.3 Å². The van der Waals surface area contributed by atoms with E-state index < -0.39 is 0 Å². The molecule has 0 bridgehead atoms. The van der Waals surface area contributed by atoms with Crippen LogP contribution in [-0.2, 0) is 11.2 Å². The number of carbonyl (C=O) groups excluding carboxylic acids is 2. The zero-order valence-electron chi connectivity index (χ0n) is 9.77. The van der Waals surface area contributed by atoms with Gasteiger partial charge in [-0.05, 0) is 18.1 Å². The van der Waals surface area contributed by atoms with Gasteiger partial charge in [-0.2, -0.15) is 0 Å². The van der Waals surface area contributed by atoms with Crippen molar-refractivity contribution >= 4 is 34.5 Å². The Morgan fingerprint density at radius 2 is 2.06 bits per heavy atom. The van der Waals surface area contributed by atoms with Crippen LogP contribution in [0.25, 0.3) is 0 Å². The maximum atomic E-state index is 12.0. The van der Waals surface area contributed by atoms with Gasteiger partial charge in [0.15, 0.2) is 0 Å². The first-order chi connectivity index (χ1) is 8.63. The molecule has 1 aromatic rings. The largest absolute Gasteiger partial charge is 0.356 e. The second-order valence-corrected chi connectivity index (χ2v) is 5.57. The van der Waals surface area contributed by atoms with Crippen LogP contribution in [0.4, 0.5) is 4.79 Å². The molecule has 0 spiro atoms. The number of carbonyl (C=O) groups is 2. The maximum Gasteiger partial charge on any atom is 0.289 e. The molecule has 1 aromatic carbocycles. The quantitative estimate of drug-likeness (QED) is 0.904. The summed E-state index contributed by atoms with van der Waals surface area (Å²) in [6, 6.07) is 7.39. The summed E-state index contributed by atoms with van der Waals surface area (Å²) in [6.07, 6.45) is 0.489. The maximum absolute atomic E-state index is 12.0. The van der Waals surface area contributed by atoms with Gasteiger partial charge in [0, 0.05) is 5.02 Å². The van der Waals surface area contributed by atoms with Crippen molar-refractivity contribution in [3.63, 3.8) is 0 Å². The van der Waals surface area contributed by atoms with Crippen molar-refractivity contribution in [3.8, 4) is 0 Å². The summed E-state index contributed by atoms with van der Waals surface area (Å²) in [6.45, 7) is 0.931. The van der Waals surface area contributed by atoms with Gasteiger partial charge in [-0.15, -0.1) is 0 Å². The zero-order chi connectivity index (χ0) is 13.1. The molecule has 6 heteroatoms. The second kappa shape index (κ2) is 5.73. The molecule has 0 aromatic heterocycles. The predicted octanol–water partition coefficient (Wildman–Crippen LogP) is 1.19. The normalized spacial score (nSPS) is 19.7. The fourth-order valence-corrected chi connectivity index (χ4v) is 3.11. The number of thioether (sulfide) groups is 1. The van der Waals surface area contributed by atoms with Crippen molar-refractivity contribution in [2.45, 2.75) is 11.7 Å². The lowest BCUT2D eigenvalue weighted by Gasteiger charge is -2.11. The van der Waals surface area contributed by atoms with Crippen LogP contribution in [0.1, 0.15) is 5.56 Å². The fourth-order valence-electron chi connectivity index (χ4n) is 1.85. The molecule has 3 N–H and O–H groups in total. The Morgan fingerprint density at radius 3 is 2.72 bits per heavy atom. The van der Waals surface area contributed by atoms with E-state index in [-0.39, 0.29) is 16.4 Å². The molecule has 0 saturated carbocycles. The number of rotatable bonds is 4. The lowest BCUT2D eigenvalue weighted by atomic mass is 10.1. The first-order valence-electron chi connectivity index (χ1n) is 5.68. The topological polar surface area (TPSA) is 65.0 Å². The highest BCUT2D eigenvalue weighted by molar-refractivity contribution is 8.15. The monoisotopic (exact) mass is 285 g/mol. The van der Waals surface area contributed by atoms with E-state index >= 15 is 0 Å². The molecule has 1 fully saturated rings. The van der Waals surface area contributed by atoms with Crippen molar-refractivity contribution in [1.29, 1.82) is 0 Å². The lowest BCUT2D eigenvalue weighted by molar-refractivity contribution is -0.367. The van der Waals surface area contributed by atoms with Crippen molar-refractivity contribution in [2.24, 2.45) is 0 Å². The van der Waals surface area contributed by atoms with Crippen LogP contribution in [0, 0.1) is 0 Å². The minimum atomic E-state index is -0.357. The number of hydrogen-bond acceptors (Lipinski definition) is 3. The molecule has 0 aliphatic carbocycles. The number of imide groups is 1. The molecule has 2 amide bonds. The Labute approximate surface area is 114 Å². The molecule has 0 radical (unpaired) electrons. The third kappa shape index (κ3) is 2.68. The van der Waals surface area contributed by atoms with Crippen LogP contribution in [0.2, 0.25) is 5.02 Å². The van der Waals surface area contributed by atoms with E-state index in [4.69, 9.17) is 11.6 Å². The van der Waals surface area contributed by atoms with E-state index in [1.807, 2.05) is 18.2 Å². The third-order valence-corrected chi connectivity index (χ3v) is 4.19. The van der Waals surface area contributed by atoms with E-state index in [9.17, 15) is 9.59 Å². The van der Waals surface area contributed by atoms with Crippen molar-refractivity contribution in [1.82, 2.24) is 4.90 Å². The Balaban J connectivity index is 2.10. The average molecular weight is 286 g/mol. The molecule has 4 nitrogen and oxygen atoms in total. The number of amides is 2. The van der Waals surface area contributed by atoms with Gasteiger partial charge in [0.2, 0.25) is 5.91 Å². The predicted molar refractivity (Wildman–Crippen MR) is 71.4 cm³/mol. The highest BCUT2D eigenvalue weighted by atomic mass is 35.5.